The molecule has 0 saturated carbocycles. The number of benzene rings is 1. The van der Waals surface area contributed by atoms with E-state index in [1.807, 2.05) is 44.2 Å². The quantitative estimate of drug-likeness (QED) is 0.878. The molecule has 0 aliphatic heterocycles. The van der Waals surface area contributed by atoms with Crippen molar-refractivity contribution in [2.45, 2.75) is 27.2 Å². The fourth-order valence-electron chi connectivity index (χ4n) is 2.07. The van der Waals surface area contributed by atoms with E-state index >= 15 is 0 Å². The number of carbonyl (C=O) groups excluding carboxylic acids is 1. The van der Waals surface area contributed by atoms with Crippen LogP contribution in [0.25, 0.3) is 0 Å². The van der Waals surface area contributed by atoms with E-state index in [4.69, 9.17) is 0 Å². The van der Waals surface area contributed by atoms with Gasteiger partial charge in [-0.2, -0.15) is 0 Å². The smallest absolute Gasteiger partial charge is 0.257 e. The Bertz CT molecular complexity index is 638. The van der Waals surface area contributed by atoms with Crippen LogP contribution in [0.5, 0.6) is 0 Å². The number of pyridine rings is 1. The SMILES string of the molecule is CCCNc1ccc(C)cc1C(=O)Nc1cccnc1C. The third kappa shape index (κ3) is 3.81. The summed E-state index contributed by atoms with van der Waals surface area (Å²) in [6.07, 6.45) is 2.72. The molecule has 21 heavy (non-hydrogen) atoms. The van der Waals surface area contributed by atoms with E-state index in [0.717, 1.165) is 35.6 Å². The molecule has 0 unspecified atom stereocenters. The number of nitrogens with one attached hydrogen (secondary N) is 2. The van der Waals surface area contributed by atoms with Gasteiger partial charge in [0.15, 0.2) is 0 Å². The lowest BCUT2D eigenvalue weighted by molar-refractivity contribution is 0.102. The molecule has 0 atom stereocenters. The van der Waals surface area contributed by atoms with E-state index in [1.165, 1.54) is 0 Å². The molecule has 2 aromatic rings. The maximum atomic E-state index is 12.5. The zero-order chi connectivity index (χ0) is 15.2. The van der Waals surface area contributed by atoms with Crippen LogP contribution in [-0.4, -0.2) is 17.4 Å². The number of carbonyl (C=O) groups is 1. The van der Waals surface area contributed by atoms with Crippen molar-refractivity contribution in [1.82, 2.24) is 4.98 Å². The highest BCUT2D eigenvalue weighted by Crippen LogP contribution is 2.20. The molecule has 4 heteroatoms. The topological polar surface area (TPSA) is 54.0 Å². The Morgan fingerprint density at radius 2 is 2.00 bits per heavy atom. The van der Waals surface area contributed by atoms with Gasteiger partial charge in [-0.15, -0.1) is 0 Å². The Labute approximate surface area is 125 Å². The molecule has 0 saturated heterocycles. The van der Waals surface area contributed by atoms with Gasteiger partial charge in [-0.05, 0) is 44.5 Å². The molecule has 0 fully saturated rings. The monoisotopic (exact) mass is 283 g/mol. The normalized spacial score (nSPS) is 10.2. The highest BCUT2D eigenvalue weighted by molar-refractivity contribution is 6.08. The molecule has 2 rings (SSSR count). The molecule has 0 aliphatic rings. The van der Waals surface area contributed by atoms with Crippen LogP contribution in [0.3, 0.4) is 0 Å². The van der Waals surface area contributed by atoms with Crippen LogP contribution in [0.1, 0.15) is 35.0 Å². The van der Waals surface area contributed by atoms with E-state index < -0.39 is 0 Å². The molecule has 110 valence electrons. The first-order valence-corrected chi connectivity index (χ1v) is 7.19. The van der Waals surface area contributed by atoms with Crippen LogP contribution in [0.15, 0.2) is 36.5 Å². The highest BCUT2D eigenvalue weighted by Gasteiger charge is 2.13. The summed E-state index contributed by atoms with van der Waals surface area (Å²) in [5.41, 5.74) is 4.13. The van der Waals surface area contributed by atoms with E-state index in [9.17, 15) is 4.79 Å². The molecule has 4 nitrogen and oxygen atoms in total. The number of rotatable bonds is 5. The molecule has 1 amide bonds. The Balaban J connectivity index is 2.25. The lowest BCUT2D eigenvalue weighted by Gasteiger charge is -2.13. The average molecular weight is 283 g/mol. The van der Waals surface area contributed by atoms with E-state index in [-0.39, 0.29) is 5.91 Å². The maximum absolute atomic E-state index is 12.5. The predicted octanol–water partition coefficient (Wildman–Crippen LogP) is 3.77. The molecule has 1 heterocycles. The van der Waals surface area contributed by atoms with Gasteiger partial charge in [0.05, 0.1) is 16.9 Å². The minimum absolute atomic E-state index is 0.117. The summed E-state index contributed by atoms with van der Waals surface area (Å²) in [7, 11) is 0. The number of nitrogens with zero attached hydrogens (tertiary/aromatic N) is 1. The lowest BCUT2D eigenvalue weighted by Crippen LogP contribution is -2.16. The van der Waals surface area contributed by atoms with Gasteiger partial charge in [0, 0.05) is 18.4 Å². The highest BCUT2D eigenvalue weighted by atomic mass is 16.1. The number of aryl methyl sites for hydroxylation is 2. The fourth-order valence-corrected chi connectivity index (χ4v) is 2.07. The van der Waals surface area contributed by atoms with Crippen LogP contribution in [-0.2, 0) is 0 Å². The van der Waals surface area contributed by atoms with Crippen molar-refractivity contribution in [3.63, 3.8) is 0 Å². The van der Waals surface area contributed by atoms with Crippen LogP contribution in [0.4, 0.5) is 11.4 Å². The van der Waals surface area contributed by atoms with Crippen molar-refractivity contribution >= 4 is 17.3 Å². The van der Waals surface area contributed by atoms with Crippen LogP contribution in [0.2, 0.25) is 0 Å². The van der Waals surface area contributed by atoms with E-state index in [1.54, 1.807) is 6.20 Å². The van der Waals surface area contributed by atoms with Crippen molar-refractivity contribution in [3.05, 3.63) is 53.3 Å². The van der Waals surface area contributed by atoms with Gasteiger partial charge in [0.1, 0.15) is 0 Å². The summed E-state index contributed by atoms with van der Waals surface area (Å²) in [6, 6.07) is 9.53. The fraction of sp³-hybridized carbons (Fsp3) is 0.294. The Kier molecular flexibility index (Phi) is 4.93. The Morgan fingerprint density at radius 3 is 2.71 bits per heavy atom. The molecular weight excluding hydrogens is 262 g/mol. The zero-order valence-corrected chi connectivity index (χ0v) is 12.7. The summed E-state index contributed by atoms with van der Waals surface area (Å²) in [4.78, 5) is 16.7. The first-order valence-electron chi connectivity index (χ1n) is 7.19. The molecule has 0 spiro atoms. The van der Waals surface area contributed by atoms with Gasteiger partial charge < -0.3 is 10.6 Å². The third-order valence-corrected chi connectivity index (χ3v) is 3.24. The van der Waals surface area contributed by atoms with Crippen LogP contribution >= 0.6 is 0 Å². The van der Waals surface area contributed by atoms with Crippen molar-refractivity contribution in [3.8, 4) is 0 Å². The van der Waals surface area contributed by atoms with Crippen LogP contribution < -0.4 is 10.6 Å². The number of aromatic nitrogens is 1. The minimum Gasteiger partial charge on any atom is -0.384 e. The number of hydrogen-bond acceptors (Lipinski definition) is 3. The largest absolute Gasteiger partial charge is 0.384 e. The van der Waals surface area contributed by atoms with Crippen molar-refractivity contribution in [2.24, 2.45) is 0 Å². The maximum Gasteiger partial charge on any atom is 0.257 e. The summed E-state index contributed by atoms with van der Waals surface area (Å²) in [5, 5.41) is 6.22. The summed E-state index contributed by atoms with van der Waals surface area (Å²) in [6.45, 7) is 6.80. The predicted molar refractivity (Wildman–Crippen MR) is 86.9 cm³/mol. The minimum atomic E-state index is -0.117. The average Bonchev–Trinajstić information content (AvgIpc) is 2.48. The second kappa shape index (κ2) is 6.88. The molecule has 0 aliphatic carbocycles. The zero-order valence-electron chi connectivity index (χ0n) is 12.7. The second-order valence-corrected chi connectivity index (χ2v) is 5.07. The molecule has 2 N–H and O–H groups in total. The molecular formula is C17H21N3O. The number of hydrogen-bond donors (Lipinski definition) is 2. The van der Waals surface area contributed by atoms with Gasteiger partial charge in [-0.25, -0.2) is 0 Å². The third-order valence-electron chi connectivity index (χ3n) is 3.24. The van der Waals surface area contributed by atoms with E-state index in [0.29, 0.717) is 5.56 Å². The summed E-state index contributed by atoms with van der Waals surface area (Å²) < 4.78 is 0. The number of anilines is 2. The second-order valence-electron chi connectivity index (χ2n) is 5.07. The Hall–Kier alpha value is -2.36. The molecule has 0 bridgehead atoms. The van der Waals surface area contributed by atoms with E-state index in [2.05, 4.69) is 22.5 Å². The standard InChI is InChI=1S/C17H21N3O/c1-4-9-19-16-8-7-12(2)11-14(16)17(21)20-15-6-5-10-18-13(15)3/h5-8,10-11,19H,4,9H2,1-3H3,(H,20,21). The first-order chi connectivity index (χ1) is 10.1. The molecule has 0 radical (unpaired) electrons. The Morgan fingerprint density at radius 1 is 1.19 bits per heavy atom. The van der Waals surface area contributed by atoms with Crippen molar-refractivity contribution in [2.75, 3.05) is 17.2 Å². The van der Waals surface area contributed by atoms with Gasteiger partial charge in [-0.3, -0.25) is 9.78 Å². The first kappa shape index (κ1) is 15.0. The van der Waals surface area contributed by atoms with Gasteiger partial charge >= 0.3 is 0 Å². The summed E-state index contributed by atoms with van der Waals surface area (Å²) >= 11 is 0. The van der Waals surface area contributed by atoms with Gasteiger partial charge in [0.25, 0.3) is 5.91 Å². The molecule has 1 aromatic carbocycles. The van der Waals surface area contributed by atoms with Crippen molar-refractivity contribution in [1.29, 1.82) is 0 Å². The lowest BCUT2D eigenvalue weighted by atomic mass is 10.1. The van der Waals surface area contributed by atoms with Gasteiger partial charge in [-0.1, -0.05) is 18.6 Å². The molecule has 1 aromatic heterocycles. The number of amides is 1. The van der Waals surface area contributed by atoms with Crippen LogP contribution in [0, 0.1) is 13.8 Å². The van der Waals surface area contributed by atoms with Gasteiger partial charge in [0.2, 0.25) is 0 Å². The summed E-state index contributed by atoms with van der Waals surface area (Å²) in [5.74, 6) is -0.117. The van der Waals surface area contributed by atoms with Crippen molar-refractivity contribution < 1.29 is 4.79 Å².